The lowest BCUT2D eigenvalue weighted by atomic mass is 10.00. The third kappa shape index (κ3) is 2.45. The van der Waals surface area contributed by atoms with Gasteiger partial charge in [0.25, 0.3) is 0 Å². The minimum atomic E-state index is -0.131. The molecule has 1 saturated heterocycles. The molecule has 4 nitrogen and oxygen atoms in total. The molecule has 1 aliphatic heterocycles. The van der Waals surface area contributed by atoms with Crippen LogP contribution in [-0.4, -0.2) is 42.6 Å². The van der Waals surface area contributed by atoms with Crippen molar-refractivity contribution in [1.29, 1.82) is 0 Å². The van der Waals surface area contributed by atoms with Gasteiger partial charge in [-0.25, -0.2) is 0 Å². The van der Waals surface area contributed by atoms with E-state index in [1.54, 1.807) is 13.2 Å². The van der Waals surface area contributed by atoms with Gasteiger partial charge < -0.3 is 9.84 Å². The summed E-state index contributed by atoms with van der Waals surface area (Å²) in [5.74, 6) is 1.88. The van der Waals surface area contributed by atoms with Crippen molar-refractivity contribution in [2.75, 3.05) is 20.2 Å². The van der Waals surface area contributed by atoms with Crippen LogP contribution < -0.4 is 4.74 Å². The van der Waals surface area contributed by atoms with E-state index in [0.29, 0.717) is 17.4 Å². The number of hydrogen-bond acceptors (Lipinski definition) is 4. The summed E-state index contributed by atoms with van der Waals surface area (Å²) in [5.41, 5.74) is 1.73. The molecular weight excluding hydrogens is 254 g/mol. The number of aldehydes is 1. The number of likely N-dealkylation sites (tertiary alicyclic amines) is 1. The number of aliphatic hydroxyl groups is 1. The molecule has 20 heavy (non-hydrogen) atoms. The van der Waals surface area contributed by atoms with E-state index in [9.17, 15) is 9.90 Å². The van der Waals surface area contributed by atoms with Crippen molar-refractivity contribution in [2.24, 2.45) is 11.8 Å². The van der Waals surface area contributed by atoms with E-state index in [2.05, 4.69) is 4.90 Å². The zero-order valence-electron chi connectivity index (χ0n) is 11.8. The third-order valence-electron chi connectivity index (χ3n) is 4.73. The van der Waals surface area contributed by atoms with Gasteiger partial charge in [0, 0.05) is 36.7 Å². The van der Waals surface area contributed by atoms with Gasteiger partial charge in [0.2, 0.25) is 0 Å². The molecule has 0 amide bonds. The zero-order valence-corrected chi connectivity index (χ0v) is 11.8. The fourth-order valence-electron chi connectivity index (χ4n) is 3.69. The average Bonchev–Trinajstić information content (AvgIpc) is 3.01. The Morgan fingerprint density at radius 3 is 2.95 bits per heavy atom. The van der Waals surface area contributed by atoms with Crippen molar-refractivity contribution in [2.45, 2.75) is 25.5 Å². The monoisotopic (exact) mass is 275 g/mol. The molecule has 0 bridgehead atoms. The molecule has 0 aromatic heterocycles. The van der Waals surface area contributed by atoms with E-state index >= 15 is 0 Å². The number of benzene rings is 1. The molecule has 0 radical (unpaired) electrons. The van der Waals surface area contributed by atoms with E-state index in [0.717, 1.165) is 50.1 Å². The summed E-state index contributed by atoms with van der Waals surface area (Å²) < 4.78 is 5.38. The van der Waals surface area contributed by atoms with Crippen LogP contribution in [0.2, 0.25) is 0 Å². The molecule has 4 heteroatoms. The summed E-state index contributed by atoms with van der Waals surface area (Å²) in [4.78, 5) is 13.3. The van der Waals surface area contributed by atoms with Gasteiger partial charge in [-0.2, -0.15) is 0 Å². The summed E-state index contributed by atoms with van der Waals surface area (Å²) >= 11 is 0. The van der Waals surface area contributed by atoms with Gasteiger partial charge in [-0.15, -0.1) is 0 Å². The summed E-state index contributed by atoms with van der Waals surface area (Å²) in [6.45, 7) is 2.76. The lowest BCUT2D eigenvalue weighted by Crippen LogP contribution is -2.24. The first-order valence-corrected chi connectivity index (χ1v) is 7.23. The minimum absolute atomic E-state index is 0.131. The van der Waals surface area contributed by atoms with Crippen molar-refractivity contribution in [3.8, 4) is 5.75 Å². The van der Waals surface area contributed by atoms with Crippen LogP contribution in [0.1, 0.15) is 28.8 Å². The maximum atomic E-state index is 10.9. The first-order valence-electron chi connectivity index (χ1n) is 7.23. The van der Waals surface area contributed by atoms with Crippen molar-refractivity contribution < 1.29 is 14.6 Å². The fourth-order valence-corrected chi connectivity index (χ4v) is 3.69. The highest BCUT2D eigenvalue weighted by molar-refractivity contribution is 5.75. The molecule has 3 rings (SSSR count). The quantitative estimate of drug-likeness (QED) is 0.850. The molecule has 1 aliphatic carbocycles. The number of nitrogens with zero attached hydrogens (tertiary/aromatic N) is 1. The first kappa shape index (κ1) is 13.6. The van der Waals surface area contributed by atoms with Gasteiger partial charge in [0.1, 0.15) is 12.0 Å². The number of fused-ring (bicyclic) bond motifs is 1. The lowest BCUT2D eigenvalue weighted by molar-refractivity contribution is 0.112. The van der Waals surface area contributed by atoms with E-state index in [1.165, 1.54) is 0 Å². The van der Waals surface area contributed by atoms with E-state index in [1.807, 2.05) is 12.1 Å². The van der Waals surface area contributed by atoms with Gasteiger partial charge in [0.15, 0.2) is 0 Å². The Morgan fingerprint density at radius 2 is 2.25 bits per heavy atom. The average molecular weight is 275 g/mol. The number of hydrogen-bond donors (Lipinski definition) is 1. The summed E-state index contributed by atoms with van der Waals surface area (Å²) in [5, 5.41) is 9.97. The predicted molar refractivity (Wildman–Crippen MR) is 75.9 cm³/mol. The van der Waals surface area contributed by atoms with Gasteiger partial charge in [-0.1, -0.05) is 0 Å². The number of carbonyl (C=O) groups excluding carboxylic acids is 1. The molecule has 2 aliphatic rings. The van der Waals surface area contributed by atoms with Crippen molar-refractivity contribution in [1.82, 2.24) is 4.90 Å². The summed E-state index contributed by atoms with van der Waals surface area (Å²) in [7, 11) is 1.65. The topological polar surface area (TPSA) is 49.8 Å². The third-order valence-corrected chi connectivity index (χ3v) is 4.73. The number of aliphatic hydroxyl groups excluding tert-OH is 1. The summed E-state index contributed by atoms with van der Waals surface area (Å²) in [6, 6.07) is 5.53. The van der Waals surface area contributed by atoms with Crippen molar-refractivity contribution in [3.05, 3.63) is 29.3 Å². The van der Waals surface area contributed by atoms with E-state index in [4.69, 9.17) is 4.74 Å². The molecule has 1 aromatic rings. The maximum absolute atomic E-state index is 10.9. The Hall–Kier alpha value is -1.39. The lowest BCUT2D eigenvalue weighted by Gasteiger charge is -2.19. The first-order chi connectivity index (χ1) is 9.71. The molecule has 2 fully saturated rings. The normalized spacial score (nSPS) is 29.4. The van der Waals surface area contributed by atoms with Crippen LogP contribution in [0.25, 0.3) is 0 Å². The highest BCUT2D eigenvalue weighted by Crippen LogP contribution is 2.39. The number of ether oxygens (including phenoxy) is 1. The second-order valence-electron chi connectivity index (χ2n) is 5.95. The van der Waals surface area contributed by atoms with Crippen LogP contribution in [0, 0.1) is 11.8 Å². The van der Waals surface area contributed by atoms with Gasteiger partial charge in [-0.3, -0.25) is 9.69 Å². The number of methoxy groups -OCH3 is 1. The zero-order chi connectivity index (χ0) is 14.1. The molecule has 1 aromatic carbocycles. The van der Waals surface area contributed by atoms with Gasteiger partial charge >= 0.3 is 0 Å². The maximum Gasteiger partial charge on any atom is 0.150 e. The largest absolute Gasteiger partial charge is 0.496 e. The Kier molecular flexibility index (Phi) is 3.76. The molecular formula is C16H21NO3. The standard InChI is InChI=1S/C16H21NO3/c1-20-16-5-2-11(10-18)6-13(16)8-17-7-12-3-4-15(19)14(12)9-17/h2,5-6,10,12,14-15,19H,3-4,7-9H2,1H3. The van der Waals surface area contributed by atoms with Crippen LogP contribution in [0.15, 0.2) is 18.2 Å². The minimum Gasteiger partial charge on any atom is -0.496 e. The van der Waals surface area contributed by atoms with E-state index in [-0.39, 0.29) is 6.10 Å². The Balaban J connectivity index is 1.73. The van der Waals surface area contributed by atoms with Crippen LogP contribution in [-0.2, 0) is 6.54 Å². The molecule has 3 atom stereocenters. The Morgan fingerprint density at radius 1 is 1.40 bits per heavy atom. The van der Waals surface area contributed by atoms with Crippen molar-refractivity contribution >= 4 is 6.29 Å². The Bertz CT molecular complexity index is 502. The molecule has 3 unspecified atom stereocenters. The van der Waals surface area contributed by atoms with Crippen LogP contribution >= 0.6 is 0 Å². The van der Waals surface area contributed by atoms with Gasteiger partial charge in [0.05, 0.1) is 13.2 Å². The van der Waals surface area contributed by atoms with Crippen molar-refractivity contribution in [3.63, 3.8) is 0 Å². The second-order valence-corrected chi connectivity index (χ2v) is 5.95. The molecule has 1 N–H and O–H groups in total. The highest BCUT2D eigenvalue weighted by atomic mass is 16.5. The number of rotatable bonds is 4. The van der Waals surface area contributed by atoms with Crippen LogP contribution in [0.4, 0.5) is 0 Å². The molecule has 1 heterocycles. The van der Waals surface area contributed by atoms with E-state index < -0.39 is 0 Å². The SMILES string of the molecule is COc1ccc(C=O)cc1CN1CC2CCC(O)C2C1. The molecule has 1 saturated carbocycles. The molecule has 0 spiro atoms. The van der Waals surface area contributed by atoms with Crippen LogP contribution in [0.3, 0.4) is 0 Å². The highest BCUT2D eigenvalue weighted by Gasteiger charge is 2.41. The molecule has 108 valence electrons. The second kappa shape index (κ2) is 5.54. The summed E-state index contributed by atoms with van der Waals surface area (Å²) in [6.07, 6.45) is 2.82. The smallest absolute Gasteiger partial charge is 0.150 e. The fraction of sp³-hybridized carbons (Fsp3) is 0.562. The number of carbonyl (C=O) groups is 1. The predicted octanol–water partition coefficient (Wildman–Crippen LogP) is 1.71. The van der Waals surface area contributed by atoms with Crippen LogP contribution in [0.5, 0.6) is 5.75 Å². The van der Waals surface area contributed by atoms with Gasteiger partial charge in [-0.05, 0) is 37.0 Å². The Labute approximate surface area is 119 Å².